The molecule has 3 aromatic rings. The zero-order chi connectivity index (χ0) is 21.8. The zero-order valence-corrected chi connectivity index (χ0v) is 18.4. The van der Waals surface area contributed by atoms with E-state index in [1.165, 1.54) is 0 Å². The molecule has 0 saturated heterocycles. The molecule has 2 atom stereocenters. The number of hydrogen-bond donors (Lipinski definition) is 0. The molecule has 0 fully saturated rings. The molecule has 0 bridgehead atoms. The first-order valence-corrected chi connectivity index (χ1v) is 10.5. The fourth-order valence-electron chi connectivity index (χ4n) is 3.98. The van der Waals surface area contributed by atoms with E-state index in [-0.39, 0.29) is 12.2 Å². The van der Waals surface area contributed by atoms with Gasteiger partial charge in [0.25, 0.3) is 0 Å². The summed E-state index contributed by atoms with van der Waals surface area (Å²) in [5.74, 6) is 2.54. The van der Waals surface area contributed by atoms with Crippen molar-refractivity contribution < 1.29 is 14.2 Å². The molecule has 1 aliphatic heterocycles. The van der Waals surface area contributed by atoms with Crippen molar-refractivity contribution in [2.45, 2.75) is 26.1 Å². The van der Waals surface area contributed by atoms with Crippen LogP contribution in [0.3, 0.4) is 0 Å². The van der Waals surface area contributed by atoms with Gasteiger partial charge in [0.05, 0.1) is 32.6 Å². The molecule has 0 aliphatic carbocycles. The average Bonchev–Trinajstić information content (AvgIpc) is 3.17. The van der Waals surface area contributed by atoms with Crippen molar-refractivity contribution in [3.05, 3.63) is 83.9 Å². The van der Waals surface area contributed by atoms with Crippen LogP contribution in [0.2, 0.25) is 0 Å². The molecule has 5 heteroatoms. The fraction of sp³-hybridized carbons (Fsp3) is 0.269. The lowest BCUT2D eigenvalue weighted by Gasteiger charge is -2.30. The van der Waals surface area contributed by atoms with Gasteiger partial charge in [-0.1, -0.05) is 12.1 Å². The number of nitrogens with zero attached hydrogens (tertiary/aromatic N) is 2. The van der Waals surface area contributed by atoms with Crippen molar-refractivity contribution in [2.75, 3.05) is 25.7 Å². The highest BCUT2D eigenvalue weighted by atomic mass is 16.5. The third kappa shape index (κ3) is 4.22. The molecule has 0 amide bonds. The minimum Gasteiger partial charge on any atom is -0.497 e. The third-order valence-electron chi connectivity index (χ3n) is 5.58. The van der Waals surface area contributed by atoms with Crippen molar-refractivity contribution in [3.8, 4) is 17.2 Å². The molecule has 0 spiro atoms. The van der Waals surface area contributed by atoms with Crippen molar-refractivity contribution in [1.29, 1.82) is 0 Å². The highest BCUT2D eigenvalue weighted by Crippen LogP contribution is 2.38. The summed E-state index contributed by atoms with van der Waals surface area (Å²) in [7, 11) is 3.36. The Morgan fingerprint density at radius 1 is 0.774 bits per heavy atom. The van der Waals surface area contributed by atoms with Gasteiger partial charge in [0, 0.05) is 5.69 Å². The molecule has 1 heterocycles. The van der Waals surface area contributed by atoms with Gasteiger partial charge in [0.1, 0.15) is 23.4 Å². The Morgan fingerprint density at radius 3 is 1.87 bits per heavy atom. The summed E-state index contributed by atoms with van der Waals surface area (Å²) < 4.78 is 16.3. The maximum absolute atomic E-state index is 5.63. The molecule has 0 radical (unpaired) electrons. The van der Waals surface area contributed by atoms with Crippen LogP contribution in [0.1, 0.15) is 31.1 Å². The second-order valence-corrected chi connectivity index (χ2v) is 7.40. The SMILES string of the molecule is CCOc1ccc(N2C(C)C(c3ccc(OC)cc3)=NC2c2ccc(OC)cc2)cc1. The zero-order valence-electron chi connectivity index (χ0n) is 18.4. The molecule has 31 heavy (non-hydrogen) atoms. The average molecular weight is 417 g/mol. The first-order valence-electron chi connectivity index (χ1n) is 10.5. The van der Waals surface area contributed by atoms with E-state index in [0.717, 1.165) is 39.8 Å². The summed E-state index contributed by atoms with van der Waals surface area (Å²) in [5.41, 5.74) is 4.37. The number of methoxy groups -OCH3 is 2. The molecular weight excluding hydrogens is 388 g/mol. The molecule has 160 valence electrons. The summed E-state index contributed by atoms with van der Waals surface area (Å²) in [6.45, 7) is 4.84. The number of anilines is 1. The molecule has 0 N–H and O–H groups in total. The van der Waals surface area contributed by atoms with E-state index in [1.54, 1.807) is 14.2 Å². The van der Waals surface area contributed by atoms with Gasteiger partial charge < -0.3 is 19.1 Å². The Balaban J connectivity index is 1.73. The van der Waals surface area contributed by atoms with Gasteiger partial charge in [-0.3, -0.25) is 4.99 Å². The van der Waals surface area contributed by atoms with E-state index >= 15 is 0 Å². The summed E-state index contributed by atoms with van der Waals surface area (Å²) in [6, 6.07) is 24.6. The third-order valence-corrected chi connectivity index (χ3v) is 5.58. The van der Waals surface area contributed by atoms with E-state index in [1.807, 2.05) is 43.3 Å². The van der Waals surface area contributed by atoms with E-state index in [9.17, 15) is 0 Å². The van der Waals surface area contributed by atoms with E-state index < -0.39 is 0 Å². The monoisotopic (exact) mass is 416 g/mol. The van der Waals surface area contributed by atoms with Crippen LogP contribution in [0.25, 0.3) is 0 Å². The largest absolute Gasteiger partial charge is 0.497 e. The van der Waals surface area contributed by atoms with Crippen molar-refractivity contribution in [3.63, 3.8) is 0 Å². The number of aliphatic imine (C=N–C) groups is 1. The minimum absolute atomic E-state index is 0.0958. The summed E-state index contributed by atoms with van der Waals surface area (Å²) in [4.78, 5) is 7.51. The van der Waals surface area contributed by atoms with Crippen molar-refractivity contribution in [2.24, 2.45) is 4.99 Å². The fourth-order valence-corrected chi connectivity index (χ4v) is 3.98. The molecule has 4 rings (SSSR count). The molecule has 3 aromatic carbocycles. The molecule has 0 aromatic heterocycles. The molecular formula is C26H28N2O3. The molecule has 5 nitrogen and oxygen atoms in total. The summed E-state index contributed by atoms with van der Waals surface area (Å²) in [6.07, 6.45) is -0.129. The van der Waals surface area contributed by atoms with Gasteiger partial charge in [-0.25, -0.2) is 0 Å². The number of ether oxygens (including phenoxy) is 3. The normalized spacial score (nSPS) is 17.9. The predicted octanol–water partition coefficient (Wildman–Crippen LogP) is 5.50. The van der Waals surface area contributed by atoms with Gasteiger partial charge in [-0.2, -0.15) is 0 Å². The number of hydrogen-bond acceptors (Lipinski definition) is 5. The number of rotatable bonds is 7. The van der Waals surface area contributed by atoms with Crippen LogP contribution in [0, 0.1) is 0 Å². The van der Waals surface area contributed by atoms with Gasteiger partial charge in [0.2, 0.25) is 0 Å². The van der Waals surface area contributed by atoms with Gasteiger partial charge >= 0.3 is 0 Å². The predicted molar refractivity (Wildman–Crippen MR) is 125 cm³/mol. The van der Waals surface area contributed by atoms with Crippen LogP contribution < -0.4 is 19.1 Å². The second-order valence-electron chi connectivity index (χ2n) is 7.40. The van der Waals surface area contributed by atoms with Crippen LogP contribution in [0.4, 0.5) is 5.69 Å². The van der Waals surface area contributed by atoms with Crippen LogP contribution in [0.15, 0.2) is 77.8 Å². The van der Waals surface area contributed by atoms with Gasteiger partial charge in [-0.05, 0) is 85.6 Å². The van der Waals surface area contributed by atoms with Crippen LogP contribution in [-0.4, -0.2) is 32.6 Å². The van der Waals surface area contributed by atoms with Crippen LogP contribution in [-0.2, 0) is 0 Å². The molecule has 0 saturated carbocycles. The van der Waals surface area contributed by atoms with E-state index in [0.29, 0.717) is 6.61 Å². The number of benzene rings is 3. The Morgan fingerprint density at radius 2 is 1.32 bits per heavy atom. The first-order chi connectivity index (χ1) is 15.1. The highest BCUT2D eigenvalue weighted by molar-refractivity contribution is 6.07. The lowest BCUT2D eigenvalue weighted by Crippen LogP contribution is -2.35. The molecule has 2 unspecified atom stereocenters. The Hall–Kier alpha value is -3.47. The smallest absolute Gasteiger partial charge is 0.148 e. The topological polar surface area (TPSA) is 43.3 Å². The lowest BCUT2D eigenvalue weighted by atomic mass is 10.0. The standard InChI is InChI=1S/C26H28N2O3/c1-5-31-24-16-10-21(11-17-24)28-18(2)25(19-6-12-22(29-3)13-7-19)27-26(28)20-8-14-23(30-4)15-9-20/h6-18,26H,5H2,1-4H3. The van der Waals surface area contributed by atoms with Crippen molar-refractivity contribution >= 4 is 11.4 Å². The Labute approximate surface area is 183 Å². The summed E-state index contributed by atoms with van der Waals surface area (Å²) in [5, 5.41) is 0. The van der Waals surface area contributed by atoms with E-state index in [4.69, 9.17) is 19.2 Å². The van der Waals surface area contributed by atoms with Crippen LogP contribution >= 0.6 is 0 Å². The molecule has 1 aliphatic rings. The van der Waals surface area contributed by atoms with Gasteiger partial charge in [0.15, 0.2) is 0 Å². The highest BCUT2D eigenvalue weighted by Gasteiger charge is 2.35. The minimum atomic E-state index is -0.129. The first kappa shape index (κ1) is 20.8. The van der Waals surface area contributed by atoms with Gasteiger partial charge in [-0.15, -0.1) is 0 Å². The maximum atomic E-state index is 5.63. The Kier molecular flexibility index (Phi) is 6.12. The lowest BCUT2D eigenvalue weighted by molar-refractivity contribution is 0.340. The van der Waals surface area contributed by atoms with Crippen molar-refractivity contribution in [1.82, 2.24) is 0 Å². The van der Waals surface area contributed by atoms with Crippen LogP contribution in [0.5, 0.6) is 17.2 Å². The quantitative estimate of drug-likeness (QED) is 0.510. The maximum Gasteiger partial charge on any atom is 0.148 e. The second kappa shape index (κ2) is 9.13. The summed E-state index contributed by atoms with van der Waals surface area (Å²) >= 11 is 0. The Bertz CT molecular complexity index is 1030. The van der Waals surface area contributed by atoms with E-state index in [2.05, 4.69) is 48.2 Å².